The minimum Gasteiger partial charge on any atom is -0.497 e. The molecule has 1 fully saturated rings. The third-order valence-corrected chi connectivity index (χ3v) is 5.58. The van der Waals surface area contributed by atoms with Gasteiger partial charge in [0.1, 0.15) is 5.75 Å². The zero-order chi connectivity index (χ0) is 14.8. The minimum absolute atomic E-state index is 0.179. The summed E-state index contributed by atoms with van der Waals surface area (Å²) in [5, 5.41) is 0. The summed E-state index contributed by atoms with van der Waals surface area (Å²) in [6.45, 7) is 7.95. The summed E-state index contributed by atoms with van der Waals surface area (Å²) in [5.74, 6) is 1.36. The van der Waals surface area contributed by atoms with E-state index in [1.54, 1.807) is 7.11 Å². The third kappa shape index (κ3) is 3.61. The van der Waals surface area contributed by atoms with Crippen LogP contribution in [0.1, 0.15) is 45.1 Å². The Labute approximate surface area is 124 Å². The number of hydrogen-bond donors (Lipinski definition) is 0. The molecule has 0 saturated carbocycles. The molecule has 4 heteroatoms. The summed E-state index contributed by atoms with van der Waals surface area (Å²) in [6.07, 6.45) is 2.28. The molecule has 0 amide bonds. The maximum atomic E-state index is 12.5. The number of piperidine rings is 1. The van der Waals surface area contributed by atoms with Gasteiger partial charge in [-0.05, 0) is 57.2 Å². The zero-order valence-corrected chi connectivity index (χ0v) is 13.7. The van der Waals surface area contributed by atoms with Crippen LogP contribution in [-0.4, -0.2) is 33.5 Å². The predicted molar refractivity (Wildman–Crippen MR) is 84.4 cm³/mol. The van der Waals surface area contributed by atoms with Gasteiger partial charge in [-0.3, -0.25) is 0 Å². The largest absolute Gasteiger partial charge is 0.497 e. The Balaban J connectivity index is 2.08. The Kier molecular flexibility index (Phi) is 4.86. The van der Waals surface area contributed by atoms with Crippen molar-refractivity contribution in [2.24, 2.45) is 0 Å². The van der Waals surface area contributed by atoms with Crippen LogP contribution in [-0.2, 0) is 11.0 Å². The highest BCUT2D eigenvalue weighted by atomic mass is 32.2. The lowest BCUT2D eigenvalue weighted by Gasteiger charge is -2.35. The van der Waals surface area contributed by atoms with Gasteiger partial charge in [-0.25, -0.2) is 8.51 Å². The molecule has 1 aliphatic rings. The van der Waals surface area contributed by atoms with Gasteiger partial charge in [-0.1, -0.05) is 12.1 Å². The first-order valence-corrected chi connectivity index (χ1v) is 8.33. The van der Waals surface area contributed by atoms with E-state index in [1.807, 2.05) is 32.9 Å². The summed E-state index contributed by atoms with van der Waals surface area (Å²) in [4.78, 5) is 0. The molecule has 1 saturated heterocycles. The Hall–Kier alpha value is -0.870. The Morgan fingerprint density at radius 2 is 1.90 bits per heavy atom. The molecule has 2 atom stereocenters. The number of nitrogens with zero attached hydrogens (tertiary/aromatic N) is 1. The molecule has 0 spiro atoms. The van der Waals surface area contributed by atoms with Gasteiger partial charge >= 0.3 is 0 Å². The highest BCUT2D eigenvalue weighted by molar-refractivity contribution is 7.84. The maximum Gasteiger partial charge on any atom is 0.118 e. The summed E-state index contributed by atoms with van der Waals surface area (Å²) in [5.41, 5.74) is 1.32. The lowest BCUT2D eigenvalue weighted by Crippen LogP contribution is -2.42. The molecule has 1 aromatic rings. The van der Waals surface area contributed by atoms with E-state index in [-0.39, 0.29) is 4.75 Å². The van der Waals surface area contributed by atoms with Gasteiger partial charge in [0, 0.05) is 13.1 Å². The van der Waals surface area contributed by atoms with Crippen molar-refractivity contribution in [3.05, 3.63) is 29.8 Å². The van der Waals surface area contributed by atoms with Gasteiger partial charge in [0.2, 0.25) is 0 Å². The average molecular weight is 295 g/mol. The third-order valence-electron chi connectivity index (χ3n) is 3.73. The predicted octanol–water partition coefficient (Wildman–Crippen LogP) is 3.34. The quantitative estimate of drug-likeness (QED) is 0.856. The normalized spacial score (nSPS) is 22.5. The van der Waals surface area contributed by atoms with E-state index < -0.39 is 11.0 Å². The number of hydrogen-bond acceptors (Lipinski definition) is 2. The lowest BCUT2D eigenvalue weighted by molar-refractivity contribution is 0.325. The Morgan fingerprint density at radius 1 is 1.25 bits per heavy atom. The summed E-state index contributed by atoms with van der Waals surface area (Å²) in [6, 6.07) is 8.28. The topological polar surface area (TPSA) is 29.5 Å². The van der Waals surface area contributed by atoms with E-state index in [4.69, 9.17) is 4.74 Å². The first kappa shape index (κ1) is 15.5. The molecule has 0 N–H and O–H groups in total. The molecular formula is C16H25NO2S. The second kappa shape index (κ2) is 6.27. The molecule has 112 valence electrons. The van der Waals surface area contributed by atoms with Crippen molar-refractivity contribution in [3.63, 3.8) is 0 Å². The average Bonchev–Trinajstić information content (AvgIpc) is 2.46. The molecule has 0 aliphatic carbocycles. The standard InChI is InChI=1S/C16H25NO2S/c1-16(2,3)20(18)17-11-5-6-14(12-17)13-7-9-15(19-4)10-8-13/h7-10,14H,5-6,11-12H2,1-4H3/t14-,20+/m0/s1. The van der Waals surface area contributed by atoms with Gasteiger partial charge in [-0.2, -0.15) is 0 Å². The second-order valence-corrected chi connectivity index (χ2v) is 8.60. The van der Waals surface area contributed by atoms with Crippen LogP contribution in [0.3, 0.4) is 0 Å². The van der Waals surface area contributed by atoms with E-state index in [1.165, 1.54) is 12.0 Å². The van der Waals surface area contributed by atoms with Crippen LogP contribution in [0.4, 0.5) is 0 Å². The van der Waals surface area contributed by atoms with Gasteiger partial charge in [-0.15, -0.1) is 0 Å². The first-order chi connectivity index (χ1) is 9.41. The van der Waals surface area contributed by atoms with Crippen molar-refractivity contribution in [1.82, 2.24) is 4.31 Å². The van der Waals surface area contributed by atoms with Crippen LogP contribution < -0.4 is 4.74 Å². The van der Waals surface area contributed by atoms with Crippen molar-refractivity contribution in [3.8, 4) is 5.75 Å². The fourth-order valence-corrected chi connectivity index (χ4v) is 4.01. The van der Waals surface area contributed by atoms with Gasteiger partial charge in [0.15, 0.2) is 0 Å². The van der Waals surface area contributed by atoms with Gasteiger partial charge in [0.25, 0.3) is 0 Å². The number of benzene rings is 1. The first-order valence-electron chi connectivity index (χ1n) is 7.22. The van der Waals surface area contributed by atoms with Crippen LogP contribution in [0.5, 0.6) is 5.75 Å². The van der Waals surface area contributed by atoms with Crippen molar-refractivity contribution in [1.29, 1.82) is 0 Å². The van der Waals surface area contributed by atoms with Crippen molar-refractivity contribution in [2.75, 3.05) is 20.2 Å². The van der Waals surface area contributed by atoms with Crippen LogP contribution in [0.25, 0.3) is 0 Å². The van der Waals surface area contributed by atoms with Crippen molar-refractivity contribution in [2.45, 2.75) is 44.3 Å². The van der Waals surface area contributed by atoms with E-state index in [2.05, 4.69) is 16.4 Å². The molecule has 0 aromatic heterocycles. The summed E-state index contributed by atoms with van der Waals surface area (Å²) >= 11 is 0. The molecule has 20 heavy (non-hydrogen) atoms. The van der Waals surface area contributed by atoms with Gasteiger partial charge in [0.05, 0.1) is 22.8 Å². The molecule has 0 bridgehead atoms. The van der Waals surface area contributed by atoms with E-state index in [0.717, 1.165) is 25.3 Å². The van der Waals surface area contributed by atoms with Crippen molar-refractivity contribution < 1.29 is 8.95 Å². The summed E-state index contributed by atoms with van der Waals surface area (Å²) in [7, 11) is 0.769. The molecule has 1 aliphatic heterocycles. The Morgan fingerprint density at radius 3 is 2.45 bits per heavy atom. The highest BCUT2D eigenvalue weighted by Gasteiger charge is 2.30. The van der Waals surface area contributed by atoms with Crippen molar-refractivity contribution >= 4 is 11.0 Å². The van der Waals surface area contributed by atoms with Crippen LogP contribution in [0, 0.1) is 0 Å². The fraction of sp³-hybridized carbons (Fsp3) is 0.625. The molecule has 1 aromatic carbocycles. The minimum atomic E-state index is -0.916. The number of ether oxygens (including phenoxy) is 1. The molecular weight excluding hydrogens is 270 g/mol. The number of rotatable bonds is 3. The Bertz CT molecular complexity index is 464. The van der Waals surface area contributed by atoms with Crippen LogP contribution in [0.2, 0.25) is 0 Å². The van der Waals surface area contributed by atoms with E-state index in [0.29, 0.717) is 5.92 Å². The van der Waals surface area contributed by atoms with E-state index >= 15 is 0 Å². The van der Waals surface area contributed by atoms with Crippen LogP contribution in [0.15, 0.2) is 24.3 Å². The maximum absolute atomic E-state index is 12.5. The van der Waals surface area contributed by atoms with E-state index in [9.17, 15) is 4.21 Å². The van der Waals surface area contributed by atoms with Gasteiger partial charge < -0.3 is 4.74 Å². The monoisotopic (exact) mass is 295 g/mol. The number of methoxy groups -OCH3 is 1. The SMILES string of the molecule is COc1ccc([C@H]2CCCN([S@](=O)C(C)(C)C)C2)cc1. The zero-order valence-electron chi connectivity index (χ0n) is 12.9. The molecule has 0 radical (unpaired) electrons. The lowest BCUT2D eigenvalue weighted by atomic mass is 9.92. The molecule has 2 rings (SSSR count). The summed E-state index contributed by atoms with van der Waals surface area (Å²) < 4.78 is 19.7. The molecule has 3 nitrogen and oxygen atoms in total. The highest BCUT2D eigenvalue weighted by Crippen LogP contribution is 2.30. The molecule has 0 unspecified atom stereocenters. The van der Waals surface area contributed by atoms with Crippen LogP contribution >= 0.6 is 0 Å². The molecule has 1 heterocycles. The second-order valence-electron chi connectivity index (χ2n) is 6.36. The fourth-order valence-electron chi connectivity index (χ4n) is 2.63. The smallest absolute Gasteiger partial charge is 0.118 e.